The molecule has 1 atom stereocenters. The lowest BCUT2D eigenvalue weighted by Crippen LogP contribution is -2.33. The zero-order valence-corrected chi connectivity index (χ0v) is 16.9. The fourth-order valence-corrected chi connectivity index (χ4v) is 3.07. The molecule has 0 radical (unpaired) electrons. The van der Waals surface area contributed by atoms with Gasteiger partial charge in [-0.05, 0) is 31.5 Å². The smallest absolute Gasteiger partial charge is 0.289 e. The fraction of sp³-hybridized carbons (Fsp3) is 0.333. The van der Waals surface area contributed by atoms with Crippen LogP contribution in [0.1, 0.15) is 41.8 Å². The van der Waals surface area contributed by atoms with Crippen molar-refractivity contribution in [3.8, 4) is 0 Å². The van der Waals surface area contributed by atoms with E-state index < -0.39 is 0 Å². The van der Waals surface area contributed by atoms with Crippen LogP contribution in [0.4, 0.5) is 5.82 Å². The van der Waals surface area contributed by atoms with E-state index in [1.165, 1.54) is 0 Å². The normalized spacial score (nSPS) is 11.8. The number of aromatic nitrogens is 5. The summed E-state index contributed by atoms with van der Waals surface area (Å²) in [6, 6.07) is 11.9. The van der Waals surface area contributed by atoms with Crippen LogP contribution in [0.3, 0.4) is 0 Å². The van der Waals surface area contributed by atoms with Crippen molar-refractivity contribution in [2.75, 3.05) is 11.9 Å². The molecule has 1 amide bonds. The fourth-order valence-electron chi connectivity index (χ4n) is 3.07. The van der Waals surface area contributed by atoms with Gasteiger partial charge in [0.15, 0.2) is 0 Å². The van der Waals surface area contributed by atoms with Crippen molar-refractivity contribution in [3.63, 3.8) is 0 Å². The number of aromatic amines is 1. The molecule has 0 spiro atoms. The van der Waals surface area contributed by atoms with Crippen molar-refractivity contribution in [1.82, 2.24) is 30.3 Å². The zero-order chi connectivity index (χ0) is 20.6. The average Bonchev–Trinajstić information content (AvgIpc) is 3.38. The molecular weight excluding hydrogens is 366 g/mol. The van der Waals surface area contributed by atoms with Gasteiger partial charge in [-0.1, -0.05) is 36.9 Å². The Bertz CT molecular complexity index is 931. The number of carbonyl (C=O) groups is 1. The largest absolute Gasteiger partial charge is 0.347 e. The quantitative estimate of drug-likeness (QED) is 0.553. The maximum absolute atomic E-state index is 12.4. The summed E-state index contributed by atoms with van der Waals surface area (Å²) < 4.78 is 1.93. The van der Waals surface area contributed by atoms with Crippen LogP contribution in [0.2, 0.25) is 0 Å². The van der Waals surface area contributed by atoms with Gasteiger partial charge in [0.1, 0.15) is 11.6 Å². The highest BCUT2D eigenvalue weighted by Crippen LogP contribution is 2.13. The second kappa shape index (κ2) is 9.68. The van der Waals surface area contributed by atoms with Crippen molar-refractivity contribution in [3.05, 3.63) is 72.6 Å². The molecule has 2 aromatic heterocycles. The average molecular weight is 393 g/mol. The molecule has 1 aromatic carbocycles. The van der Waals surface area contributed by atoms with Crippen LogP contribution in [-0.4, -0.2) is 44.0 Å². The van der Waals surface area contributed by atoms with Crippen molar-refractivity contribution in [2.45, 2.75) is 38.8 Å². The number of H-pyrrole nitrogens is 1. The minimum atomic E-state index is -0.240. The summed E-state index contributed by atoms with van der Waals surface area (Å²) in [6.07, 6.45) is 5.85. The van der Waals surface area contributed by atoms with Gasteiger partial charge in [-0.25, -0.2) is 4.68 Å². The highest BCUT2D eigenvalue weighted by molar-refractivity contribution is 5.90. The molecule has 0 aliphatic heterocycles. The third-order valence-corrected chi connectivity index (χ3v) is 4.68. The Balaban J connectivity index is 1.46. The predicted molar refractivity (Wildman–Crippen MR) is 113 cm³/mol. The second-order valence-corrected chi connectivity index (χ2v) is 7.01. The molecule has 3 aromatic rings. The number of nitrogens with one attached hydrogen (secondary N) is 2. The van der Waals surface area contributed by atoms with Gasteiger partial charge in [0.05, 0.1) is 6.20 Å². The molecule has 2 N–H and O–H groups in total. The van der Waals surface area contributed by atoms with Crippen LogP contribution in [0, 0.1) is 0 Å². The summed E-state index contributed by atoms with van der Waals surface area (Å²) in [5, 5.41) is 15.4. The minimum Gasteiger partial charge on any atom is -0.347 e. The number of aryl methyl sites for hydroxylation is 1. The van der Waals surface area contributed by atoms with E-state index in [1.54, 1.807) is 12.4 Å². The maximum atomic E-state index is 12.4. The topological polar surface area (TPSA) is 91.7 Å². The highest BCUT2D eigenvalue weighted by Gasteiger charge is 2.15. The Labute approximate surface area is 170 Å². The molecule has 3 rings (SSSR count). The number of rotatable bonds is 10. The van der Waals surface area contributed by atoms with E-state index >= 15 is 0 Å². The Hall–Kier alpha value is -3.42. The van der Waals surface area contributed by atoms with E-state index in [0.717, 1.165) is 30.8 Å². The van der Waals surface area contributed by atoms with Gasteiger partial charge in [-0.2, -0.15) is 5.10 Å². The lowest BCUT2D eigenvalue weighted by molar-refractivity contribution is 0.0927. The van der Waals surface area contributed by atoms with Crippen molar-refractivity contribution < 1.29 is 4.79 Å². The maximum Gasteiger partial charge on any atom is 0.289 e. The van der Waals surface area contributed by atoms with Crippen LogP contribution in [0.5, 0.6) is 0 Å². The number of carbonyl (C=O) groups excluding carboxylic acids is 1. The molecule has 1 unspecified atom stereocenters. The molecule has 29 heavy (non-hydrogen) atoms. The predicted octanol–water partition coefficient (Wildman–Crippen LogP) is 2.77. The Morgan fingerprint density at radius 3 is 2.86 bits per heavy atom. The molecule has 8 heteroatoms. The van der Waals surface area contributed by atoms with E-state index in [4.69, 9.17) is 0 Å². The van der Waals surface area contributed by atoms with Crippen LogP contribution < -0.4 is 10.2 Å². The summed E-state index contributed by atoms with van der Waals surface area (Å²) in [5.74, 6) is 1.66. The third kappa shape index (κ3) is 5.54. The van der Waals surface area contributed by atoms with E-state index in [9.17, 15) is 4.79 Å². The number of nitrogens with zero attached hydrogens (tertiary/aromatic N) is 5. The molecule has 0 saturated carbocycles. The third-order valence-electron chi connectivity index (χ3n) is 4.68. The summed E-state index contributed by atoms with van der Waals surface area (Å²) >= 11 is 0. The summed E-state index contributed by atoms with van der Waals surface area (Å²) in [5.41, 5.74) is 1.11. The first-order valence-electron chi connectivity index (χ1n) is 9.70. The van der Waals surface area contributed by atoms with Gasteiger partial charge in [0, 0.05) is 32.1 Å². The van der Waals surface area contributed by atoms with Crippen LogP contribution in [-0.2, 0) is 13.0 Å². The minimum absolute atomic E-state index is 0.0151. The lowest BCUT2D eigenvalue weighted by Gasteiger charge is -2.16. The molecule has 0 bridgehead atoms. The Morgan fingerprint density at radius 2 is 2.10 bits per heavy atom. The molecular formula is C21H27N7O. The number of hydrogen-bond donors (Lipinski definition) is 2. The van der Waals surface area contributed by atoms with Crippen LogP contribution in [0.15, 0.2) is 55.4 Å². The van der Waals surface area contributed by atoms with Crippen LogP contribution >= 0.6 is 0 Å². The van der Waals surface area contributed by atoms with Crippen molar-refractivity contribution in [1.29, 1.82) is 0 Å². The molecule has 0 saturated heterocycles. The lowest BCUT2D eigenvalue weighted by atomic mass is 10.1. The SMILES string of the molecule is C=CN(C)c1ccnn1CCCC(C)NC(=O)c1nnc(Cc2ccccc2)[nH]1. The number of hydrogen-bond acceptors (Lipinski definition) is 5. The van der Waals surface area contributed by atoms with E-state index in [2.05, 4.69) is 32.2 Å². The summed E-state index contributed by atoms with van der Waals surface area (Å²) in [4.78, 5) is 17.3. The Morgan fingerprint density at radius 1 is 1.31 bits per heavy atom. The van der Waals surface area contributed by atoms with Crippen molar-refractivity contribution in [2.24, 2.45) is 0 Å². The highest BCUT2D eigenvalue weighted by atomic mass is 16.2. The monoisotopic (exact) mass is 393 g/mol. The van der Waals surface area contributed by atoms with Gasteiger partial charge in [-0.3, -0.25) is 4.79 Å². The van der Waals surface area contributed by atoms with Gasteiger partial charge in [-0.15, -0.1) is 10.2 Å². The molecule has 0 aliphatic rings. The van der Waals surface area contributed by atoms with E-state index in [-0.39, 0.29) is 17.8 Å². The molecule has 2 heterocycles. The number of amides is 1. The standard InChI is InChI=1S/C21H27N7O/c1-4-27(3)19-12-13-22-28(19)14-8-9-16(2)23-21(29)20-24-18(25-26-20)15-17-10-6-5-7-11-17/h4-7,10-13,16H,1,8-9,14-15H2,2-3H3,(H,23,29)(H,24,25,26). The molecule has 0 fully saturated rings. The Kier molecular flexibility index (Phi) is 6.78. The first-order chi connectivity index (χ1) is 14.1. The summed E-state index contributed by atoms with van der Waals surface area (Å²) in [6.45, 7) is 6.53. The van der Waals surface area contributed by atoms with E-state index in [0.29, 0.717) is 12.2 Å². The number of benzene rings is 1. The van der Waals surface area contributed by atoms with Crippen LogP contribution in [0.25, 0.3) is 0 Å². The zero-order valence-electron chi connectivity index (χ0n) is 16.9. The molecule has 8 nitrogen and oxygen atoms in total. The van der Waals surface area contributed by atoms with Gasteiger partial charge in [0.2, 0.25) is 5.82 Å². The van der Waals surface area contributed by atoms with Gasteiger partial charge < -0.3 is 15.2 Å². The first-order valence-corrected chi connectivity index (χ1v) is 9.70. The molecule has 0 aliphatic carbocycles. The van der Waals surface area contributed by atoms with Crippen molar-refractivity contribution >= 4 is 11.7 Å². The summed E-state index contributed by atoms with van der Waals surface area (Å²) in [7, 11) is 1.94. The van der Waals surface area contributed by atoms with Gasteiger partial charge >= 0.3 is 0 Å². The van der Waals surface area contributed by atoms with Gasteiger partial charge in [0.25, 0.3) is 5.91 Å². The molecule has 152 valence electrons. The van der Waals surface area contributed by atoms with E-state index in [1.807, 2.05) is 60.0 Å². The number of anilines is 1. The second-order valence-electron chi connectivity index (χ2n) is 7.01. The first kappa shape index (κ1) is 20.3.